The van der Waals surface area contributed by atoms with Crippen LogP contribution < -0.4 is 14.8 Å². The van der Waals surface area contributed by atoms with Crippen molar-refractivity contribution in [3.8, 4) is 11.5 Å². The number of carbonyl (C=O) groups is 2. The molecule has 0 unspecified atom stereocenters. The van der Waals surface area contributed by atoms with Gasteiger partial charge in [0.15, 0.2) is 11.5 Å². The number of amides is 3. The van der Waals surface area contributed by atoms with E-state index < -0.39 is 0 Å². The topological polar surface area (TPSA) is 84.3 Å². The third-order valence-electron chi connectivity index (χ3n) is 5.84. The van der Waals surface area contributed by atoms with Crippen LogP contribution in [0.5, 0.6) is 11.5 Å². The number of benzene rings is 2. The second-order valence-corrected chi connectivity index (χ2v) is 9.71. The first-order valence-electron chi connectivity index (χ1n) is 11.8. The van der Waals surface area contributed by atoms with Gasteiger partial charge < -0.3 is 29.0 Å². The molecule has 1 aliphatic heterocycles. The molecule has 9 heteroatoms. The van der Waals surface area contributed by atoms with Crippen LogP contribution in [-0.2, 0) is 17.9 Å². The number of thioether (sulfide) groups is 1. The van der Waals surface area contributed by atoms with Gasteiger partial charge in [0.2, 0.25) is 12.7 Å². The summed E-state index contributed by atoms with van der Waals surface area (Å²) in [5.74, 6) is 2.60. The molecule has 0 bridgehead atoms. The molecule has 190 valence electrons. The first-order chi connectivity index (χ1) is 17.3. The summed E-state index contributed by atoms with van der Waals surface area (Å²) in [5.41, 5.74) is 1.57. The van der Waals surface area contributed by atoms with Crippen LogP contribution in [0, 0.1) is 6.92 Å². The fourth-order valence-electron chi connectivity index (χ4n) is 3.85. The summed E-state index contributed by atoms with van der Waals surface area (Å²) < 4.78 is 16.6. The van der Waals surface area contributed by atoms with Gasteiger partial charge in [-0.25, -0.2) is 4.79 Å². The first-order valence-corrected chi connectivity index (χ1v) is 13.0. The van der Waals surface area contributed by atoms with Crippen molar-refractivity contribution in [3.63, 3.8) is 0 Å². The third kappa shape index (κ3) is 6.34. The number of fused-ring (bicyclic) bond motifs is 1. The second-order valence-electron chi connectivity index (χ2n) is 8.83. The van der Waals surface area contributed by atoms with Crippen molar-refractivity contribution >= 4 is 29.4 Å². The van der Waals surface area contributed by atoms with E-state index in [-0.39, 0.29) is 37.9 Å². The highest BCUT2D eigenvalue weighted by Gasteiger charge is 2.25. The van der Waals surface area contributed by atoms with Gasteiger partial charge in [-0.3, -0.25) is 4.79 Å². The average Bonchev–Trinajstić information content (AvgIpc) is 3.50. The fraction of sp³-hybridized carbons (Fsp3) is 0.333. The number of aryl methyl sites for hydroxylation is 1. The van der Waals surface area contributed by atoms with Gasteiger partial charge in [0.1, 0.15) is 18.1 Å². The van der Waals surface area contributed by atoms with E-state index in [0.29, 0.717) is 29.5 Å². The number of furan rings is 1. The predicted octanol–water partition coefficient (Wildman–Crippen LogP) is 5.51. The molecule has 0 fully saturated rings. The van der Waals surface area contributed by atoms with E-state index >= 15 is 0 Å². The van der Waals surface area contributed by atoms with Crippen LogP contribution >= 0.6 is 11.8 Å². The van der Waals surface area contributed by atoms with Crippen molar-refractivity contribution in [2.75, 3.05) is 24.9 Å². The maximum atomic E-state index is 13.6. The summed E-state index contributed by atoms with van der Waals surface area (Å²) in [6.45, 7) is 6.37. The third-order valence-corrected chi connectivity index (χ3v) is 6.58. The number of carbonyl (C=O) groups excluding carboxylic acids is 2. The molecule has 0 radical (unpaired) electrons. The molecule has 1 aromatic heterocycles. The lowest BCUT2D eigenvalue weighted by Gasteiger charge is -2.30. The van der Waals surface area contributed by atoms with Crippen molar-refractivity contribution in [3.05, 3.63) is 71.7 Å². The lowest BCUT2D eigenvalue weighted by atomic mass is 10.1. The Hall–Kier alpha value is -3.59. The fourth-order valence-corrected chi connectivity index (χ4v) is 4.26. The highest BCUT2D eigenvalue weighted by Crippen LogP contribution is 2.33. The Morgan fingerprint density at radius 1 is 1.00 bits per heavy atom. The van der Waals surface area contributed by atoms with Crippen molar-refractivity contribution < 1.29 is 23.5 Å². The van der Waals surface area contributed by atoms with Crippen molar-refractivity contribution in [1.82, 2.24) is 9.80 Å². The predicted molar refractivity (Wildman–Crippen MR) is 139 cm³/mol. The molecule has 0 spiro atoms. The molecule has 3 aromatic rings. The molecule has 0 atom stereocenters. The molecule has 4 rings (SSSR count). The smallest absolute Gasteiger partial charge is 0.322 e. The average molecular weight is 510 g/mol. The Kier molecular flexibility index (Phi) is 8.10. The van der Waals surface area contributed by atoms with E-state index in [2.05, 4.69) is 5.32 Å². The number of nitrogens with zero attached hydrogens (tertiary/aromatic N) is 2. The Balaban J connectivity index is 1.49. The summed E-state index contributed by atoms with van der Waals surface area (Å²) in [4.78, 5) is 31.0. The number of ether oxygens (including phenoxy) is 2. The molecule has 2 aromatic carbocycles. The van der Waals surface area contributed by atoms with Gasteiger partial charge in [-0.05, 0) is 81.1 Å². The summed E-state index contributed by atoms with van der Waals surface area (Å²) in [7, 11) is 0. The molecule has 3 amide bonds. The Morgan fingerprint density at radius 3 is 2.42 bits per heavy atom. The van der Waals surface area contributed by atoms with Crippen LogP contribution in [-0.4, -0.2) is 47.4 Å². The summed E-state index contributed by atoms with van der Waals surface area (Å²) in [6.07, 6.45) is 2.00. The van der Waals surface area contributed by atoms with E-state index in [1.165, 1.54) is 4.90 Å². The molecule has 1 N–H and O–H groups in total. The van der Waals surface area contributed by atoms with E-state index in [0.717, 1.165) is 16.2 Å². The molecular weight excluding hydrogens is 478 g/mol. The Morgan fingerprint density at radius 2 is 1.75 bits per heavy atom. The maximum absolute atomic E-state index is 13.6. The van der Waals surface area contributed by atoms with Crippen molar-refractivity contribution in [1.29, 1.82) is 0 Å². The zero-order chi connectivity index (χ0) is 25.7. The van der Waals surface area contributed by atoms with E-state index in [1.807, 2.05) is 81.6 Å². The van der Waals surface area contributed by atoms with Gasteiger partial charge in [0, 0.05) is 23.2 Å². The minimum atomic E-state index is -0.327. The SMILES string of the molecule is CSc1ccc(NC(=O)N(CC(=O)N(Cc2ccc3c(c2)OCO3)Cc2ccc(C)o2)C(C)C)cc1. The molecule has 0 aliphatic carbocycles. The minimum Gasteiger partial charge on any atom is -0.464 e. The standard InChI is InChI=1S/C27H31N3O5S/c1-18(2)30(27(32)28-21-7-10-23(36-4)11-8-21)16-26(31)29(15-22-9-5-19(3)35-22)14-20-6-12-24-25(13-20)34-17-33-24/h5-13,18H,14-17H2,1-4H3,(H,28,32). The zero-order valence-corrected chi connectivity index (χ0v) is 21.8. The summed E-state index contributed by atoms with van der Waals surface area (Å²) in [5, 5.41) is 2.91. The number of urea groups is 1. The lowest BCUT2D eigenvalue weighted by molar-refractivity contribution is -0.133. The number of rotatable bonds is 9. The number of hydrogen-bond donors (Lipinski definition) is 1. The van der Waals surface area contributed by atoms with Crippen molar-refractivity contribution in [2.45, 2.75) is 44.8 Å². The molecule has 0 saturated carbocycles. The van der Waals surface area contributed by atoms with Crippen LogP contribution in [0.15, 0.2) is 63.9 Å². The van der Waals surface area contributed by atoms with Crippen LogP contribution in [0.3, 0.4) is 0 Å². The van der Waals surface area contributed by atoms with Gasteiger partial charge in [0.05, 0.1) is 6.54 Å². The van der Waals surface area contributed by atoms with E-state index in [9.17, 15) is 9.59 Å². The summed E-state index contributed by atoms with van der Waals surface area (Å²) in [6, 6.07) is 16.5. The van der Waals surface area contributed by atoms with Gasteiger partial charge in [-0.2, -0.15) is 0 Å². The molecule has 0 saturated heterocycles. The lowest BCUT2D eigenvalue weighted by Crippen LogP contribution is -2.47. The van der Waals surface area contributed by atoms with Crippen LogP contribution in [0.2, 0.25) is 0 Å². The summed E-state index contributed by atoms with van der Waals surface area (Å²) >= 11 is 1.63. The van der Waals surface area contributed by atoms with Crippen LogP contribution in [0.25, 0.3) is 0 Å². The highest BCUT2D eigenvalue weighted by molar-refractivity contribution is 7.98. The first kappa shape index (κ1) is 25.5. The molecule has 8 nitrogen and oxygen atoms in total. The van der Waals surface area contributed by atoms with E-state index in [1.54, 1.807) is 16.7 Å². The molecule has 36 heavy (non-hydrogen) atoms. The zero-order valence-electron chi connectivity index (χ0n) is 20.9. The minimum absolute atomic E-state index is 0.0728. The number of nitrogens with one attached hydrogen (secondary N) is 1. The Labute approximate surface area is 215 Å². The van der Waals surface area contributed by atoms with Gasteiger partial charge in [0.25, 0.3) is 0 Å². The van der Waals surface area contributed by atoms with Gasteiger partial charge in [-0.15, -0.1) is 11.8 Å². The van der Waals surface area contributed by atoms with Crippen molar-refractivity contribution in [2.24, 2.45) is 0 Å². The molecule has 1 aliphatic rings. The second kappa shape index (κ2) is 11.4. The molecular formula is C27H31N3O5S. The monoisotopic (exact) mass is 509 g/mol. The van der Waals surface area contributed by atoms with Crippen LogP contribution in [0.1, 0.15) is 30.9 Å². The molecule has 2 heterocycles. The van der Waals surface area contributed by atoms with Gasteiger partial charge >= 0.3 is 6.03 Å². The number of anilines is 1. The largest absolute Gasteiger partial charge is 0.464 e. The van der Waals surface area contributed by atoms with Gasteiger partial charge in [-0.1, -0.05) is 6.07 Å². The van der Waals surface area contributed by atoms with Crippen LogP contribution in [0.4, 0.5) is 10.5 Å². The quantitative estimate of drug-likeness (QED) is 0.383. The van der Waals surface area contributed by atoms with E-state index in [4.69, 9.17) is 13.9 Å². The normalized spacial score (nSPS) is 12.0. The highest BCUT2D eigenvalue weighted by atomic mass is 32.2. The number of hydrogen-bond acceptors (Lipinski definition) is 6. The Bertz CT molecular complexity index is 1210. The maximum Gasteiger partial charge on any atom is 0.322 e.